The number of hydrogen-bond donors (Lipinski definition) is 1. The molecule has 2 rings (SSSR count). The van der Waals surface area contributed by atoms with Crippen molar-refractivity contribution in [3.63, 3.8) is 0 Å². The first-order valence-corrected chi connectivity index (χ1v) is 8.17. The molecular formula is C19H19Cl2NO2. The zero-order valence-electron chi connectivity index (χ0n) is 13.6. The smallest absolute Gasteiger partial charge is 0.412 e. The topological polar surface area (TPSA) is 38.3 Å². The van der Waals surface area contributed by atoms with Crippen molar-refractivity contribution in [1.82, 2.24) is 0 Å². The van der Waals surface area contributed by atoms with E-state index in [9.17, 15) is 4.79 Å². The van der Waals surface area contributed by atoms with Gasteiger partial charge in [0.1, 0.15) is 0 Å². The van der Waals surface area contributed by atoms with Crippen LogP contribution >= 0.6 is 23.2 Å². The summed E-state index contributed by atoms with van der Waals surface area (Å²) in [5.41, 5.74) is 3.23. The molecule has 24 heavy (non-hydrogen) atoms. The SMILES string of the molecule is Cc1ccc(C)cc1.O=C(Nc1cccc(Cl)c1)OCC#CCCl. The molecular weight excluding hydrogens is 345 g/mol. The summed E-state index contributed by atoms with van der Waals surface area (Å²) >= 11 is 11.1. The van der Waals surface area contributed by atoms with Crippen LogP contribution in [0.25, 0.3) is 0 Å². The lowest BCUT2D eigenvalue weighted by Crippen LogP contribution is -2.13. The van der Waals surface area contributed by atoms with Gasteiger partial charge < -0.3 is 4.74 Å². The first-order chi connectivity index (χ1) is 11.5. The number of anilines is 1. The van der Waals surface area contributed by atoms with E-state index in [2.05, 4.69) is 55.3 Å². The second-order valence-electron chi connectivity index (χ2n) is 4.85. The van der Waals surface area contributed by atoms with Gasteiger partial charge in [-0.25, -0.2) is 4.79 Å². The lowest BCUT2D eigenvalue weighted by Gasteiger charge is -2.04. The molecule has 0 heterocycles. The minimum absolute atomic E-state index is 0.0130. The Balaban J connectivity index is 0.000000300. The molecule has 0 aromatic heterocycles. The summed E-state index contributed by atoms with van der Waals surface area (Å²) in [5, 5.41) is 3.05. The quantitative estimate of drug-likeness (QED) is 0.570. The van der Waals surface area contributed by atoms with Gasteiger partial charge in [-0.15, -0.1) is 11.6 Å². The summed E-state index contributed by atoms with van der Waals surface area (Å²) in [4.78, 5) is 11.2. The molecule has 0 unspecified atom stereocenters. The summed E-state index contributed by atoms with van der Waals surface area (Å²) in [6.07, 6.45) is -0.578. The van der Waals surface area contributed by atoms with Crippen molar-refractivity contribution in [1.29, 1.82) is 0 Å². The van der Waals surface area contributed by atoms with Crippen LogP contribution in [0.4, 0.5) is 10.5 Å². The summed E-state index contributed by atoms with van der Waals surface area (Å²) in [7, 11) is 0. The molecule has 3 nitrogen and oxygen atoms in total. The van der Waals surface area contributed by atoms with Crippen LogP contribution in [0.15, 0.2) is 48.5 Å². The predicted molar refractivity (Wildman–Crippen MR) is 101 cm³/mol. The third-order valence-electron chi connectivity index (χ3n) is 2.76. The largest absolute Gasteiger partial charge is 0.436 e. The van der Waals surface area contributed by atoms with Gasteiger partial charge in [-0.1, -0.05) is 64.9 Å². The van der Waals surface area contributed by atoms with E-state index in [0.29, 0.717) is 10.7 Å². The molecule has 0 radical (unpaired) electrons. The maximum atomic E-state index is 11.2. The van der Waals surface area contributed by atoms with Crippen LogP contribution in [0.5, 0.6) is 0 Å². The molecule has 1 N–H and O–H groups in total. The van der Waals surface area contributed by atoms with Crippen molar-refractivity contribution in [2.45, 2.75) is 13.8 Å². The minimum Gasteiger partial charge on any atom is -0.436 e. The molecule has 0 aliphatic rings. The van der Waals surface area contributed by atoms with Gasteiger partial charge in [0.25, 0.3) is 0 Å². The summed E-state index contributed by atoms with van der Waals surface area (Å²) in [6, 6.07) is 15.2. The number of benzene rings is 2. The first kappa shape index (κ1) is 19.9. The Bertz CT molecular complexity index is 682. The van der Waals surface area contributed by atoms with E-state index in [4.69, 9.17) is 27.9 Å². The van der Waals surface area contributed by atoms with E-state index in [0.717, 1.165) is 0 Å². The Morgan fingerprint density at radius 2 is 1.71 bits per heavy atom. The van der Waals surface area contributed by atoms with Gasteiger partial charge in [-0.05, 0) is 32.0 Å². The van der Waals surface area contributed by atoms with Crippen molar-refractivity contribution < 1.29 is 9.53 Å². The lowest BCUT2D eigenvalue weighted by atomic mass is 10.2. The lowest BCUT2D eigenvalue weighted by molar-refractivity contribution is 0.176. The number of hydrogen-bond acceptors (Lipinski definition) is 2. The van der Waals surface area contributed by atoms with Crippen LogP contribution in [-0.4, -0.2) is 18.6 Å². The fraction of sp³-hybridized carbons (Fsp3) is 0.211. The second kappa shape index (κ2) is 11.4. The fourth-order valence-corrected chi connectivity index (χ4v) is 1.84. The van der Waals surface area contributed by atoms with E-state index in [1.165, 1.54) is 11.1 Å². The Hall–Kier alpha value is -2.15. The average Bonchev–Trinajstić information content (AvgIpc) is 2.55. The highest BCUT2D eigenvalue weighted by Gasteiger charge is 2.01. The number of carbonyl (C=O) groups excluding carboxylic acids is 1. The average molecular weight is 364 g/mol. The van der Waals surface area contributed by atoms with Gasteiger partial charge in [-0.2, -0.15) is 0 Å². The van der Waals surface area contributed by atoms with Crippen LogP contribution in [0.2, 0.25) is 5.02 Å². The normalized spacial score (nSPS) is 9.00. The summed E-state index contributed by atoms with van der Waals surface area (Å²) in [5.74, 6) is 5.36. The number of ether oxygens (including phenoxy) is 1. The Kier molecular flexibility index (Phi) is 9.45. The first-order valence-electron chi connectivity index (χ1n) is 7.25. The van der Waals surface area contributed by atoms with Gasteiger partial charge >= 0.3 is 6.09 Å². The maximum Gasteiger partial charge on any atom is 0.412 e. The Labute approximate surface area is 152 Å². The van der Waals surface area contributed by atoms with E-state index in [1.54, 1.807) is 24.3 Å². The highest BCUT2D eigenvalue weighted by molar-refractivity contribution is 6.30. The fourth-order valence-electron chi connectivity index (χ4n) is 1.56. The Morgan fingerprint density at radius 3 is 2.25 bits per heavy atom. The molecule has 0 aliphatic heterocycles. The molecule has 0 atom stereocenters. The molecule has 0 spiro atoms. The second-order valence-corrected chi connectivity index (χ2v) is 5.56. The van der Waals surface area contributed by atoms with Crippen LogP contribution in [0.3, 0.4) is 0 Å². The predicted octanol–water partition coefficient (Wildman–Crippen LogP) is 5.43. The zero-order valence-corrected chi connectivity index (χ0v) is 15.1. The van der Waals surface area contributed by atoms with Crippen LogP contribution in [-0.2, 0) is 4.74 Å². The molecule has 5 heteroatoms. The van der Waals surface area contributed by atoms with E-state index in [-0.39, 0.29) is 12.5 Å². The molecule has 2 aromatic rings. The van der Waals surface area contributed by atoms with Gasteiger partial charge in [0, 0.05) is 10.7 Å². The van der Waals surface area contributed by atoms with Crippen molar-refractivity contribution >= 4 is 35.0 Å². The van der Waals surface area contributed by atoms with Gasteiger partial charge in [0.15, 0.2) is 6.61 Å². The van der Waals surface area contributed by atoms with Crippen LogP contribution in [0, 0.1) is 25.7 Å². The standard InChI is InChI=1S/C11H9Cl2NO2.C8H10/c12-6-1-2-7-16-11(15)14-10-5-3-4-9(13)8-10;1-7-3-5-8(2)6-4-7/h3-5,8H,6-7H2,(H,14,15);3-6H,1-2H3. The molecule has 2 aromatic carbocycles. The van der Waals surface area contributed by atoms with Crippen molar-refractivity contribution in [3.05, 3.63) is 64.7 Å². The highest BCUT2D eigenvalue weighted by Crippen LogP contribution is 2.14. The van der Waals surface area contributed by atoms with Gasteiger partial charge in [0.05, 0.1) is 5.88 Å². The molecule has 126 valence electrons. The highest BCUT2D eigenvalue weighted by atomic mass is 35.5. The number of alkyl halides is 1. The molecule has 0 saturated carbocycles. The Morgan fingerprint density at radius 1 is 1.08 bits per heavy atom. The van der Waals surface area contributed by atoms with Gasteiger partial charge in [-0.3, -0.25) is 5.32 Å². The third-order valence-corrected chi connectivity index (χ3v) is 3.13. The number of aryl methyl sites for hydroxylation is 2. The number of halogens is 2. The number of carbonyl (C=O) groups is 1. The molecule has 0 bridgehead atoms. The minimum atomic E-state index is -0.578. The summed E-state index contributed by atoms with van der Waals surface area (Å²) in [6.45, 7) is 4.21. The zero-order chi connectivity index (χ0) is 17.8. The molecule has 0 aliphatic carbocycles. The molecule has 1 amide bonds. The molecule has 0 fully saturated rings. The maximum absolute atomic E-state index is 11.2. The van der Waals surface area contributed by atoms with Crippen molar-refractivity contribution in [3.8, 4) is 11.8 Å². The summed E-state index contributed by atoms with van der Waals surface area (Å²) < 4.78 is 4.76. The van der Waals surface area contributed by atoms with Crippen molar-refractivity contribution in [2.75, 3.05) is 17.8 Å². The van der Waals surface area contributed by atoms with Gasteiger partial charge in [0.2, 0.25) is 0 Å². The van der Waals surface area contributed by atoms with Crippen LogP contribution in [0.1, 0.15) is 11.1 Å². The van der Waals surface area contributed by atoms with Crippen LogP contribution < -0.4 is 5.32 Å². The number of nitrogens with one attached hydrogen (secondary N) is 1. The van der Waals surface area contributed by atoms with E-state index < -0.39 is 6.09 Å². The van der Waals surface area contributed by atoms with E-state index >= 15 is 0 Å². The monoisotopic (exact) mass is 363 g/mol. The van der Waals surface area contributed by atoms with Crippen molar-refractivity contribution in [2.24, 2.45) is 0 Å². The number of amides is 1. The van der Waals surface area contributed by atoms with E-state index in [1.807, 2.05) is 0 Å². The molecule has 0 saturated heterocycles. The number of rotatable bonds is 2. The third kappa shape index (κ3) is 9.09.